The molecule has 2 aromatic carbocycles. The lowest BCUT2D eigenvalue weighted by atomic mass is 9.64. The zero-order valence-electron chi connectivity index (χ0n) is 19.8. The molecular formula is C25H24F3N3O5. The van der Waals surface area contributed by atoms with Crippen LogP contribution in [0.5, 0.6) is 0 Å². The number of nitro benzene ring substituents is 1. The molecule has 36 heavy (non-hydrogen) atoms. The van der Waals surface area contributed by atoms with Crippen LogP contribution in [-0.4, -0.2) is 22.5 Å². The number of carbonyl (C=O) groups is 2. The summed E-state index contributed by atoms with van der Waals surface area (Å²) in [6.07, 6.45) is -3.29. The minimum atomic E-state index is -4.54. The topological polar surface area (TPSA) is 111 Å². The minimum Gasteiger partial charge on any atom is -0.326 e. The Balaban J connectivity index is 1.56. The van der Waals surface area contributed by atoms with E-state index in [1.54, 1.807) is 0 Å². The number of hydrogen-bond acceptors (Lipinski definition) is 6. The lowest BCUT2D eigenvalue weighted by molar-refractivity contribution is -0.384. The van der Waals surface area contributed by atoms with E-state index in [2.05, 4.69) is 10.5 Å². The van der Waals surface area contributed by atoms with Crippen LogP contribution >= 0.6 is 0 Å². The molecule has 0 heterocycles. The molecule has 2 unspecified atom stereocenters. The molecule has 0 saturated heterocycles. The van der Waals surface area contributed by atoms with Gasteiger partial charge in [-0.1, -0.05) is 32.0 Å². The fourth-order valence-electron chi connectivity index (χ4n) is 5.41. The molecule has 11 heteroatoms. The summed E-state index contributed by atoms with van der Waals surface area (Å²) in [6.45, 7) is 5.75. The number of benzene rings is 2. The van der Waals surface area contributed by atoms with E-state index in [9.17, 15) is 32.9 Å². The minimum absolute atomic E-state index is 0.0450. The zero-order valence-corrected chi connectivity index (χ0v) is 19.8. The van der Waals surface area contributed by atoms with Gasteiger partial charge in [0.25, 0.3) is 5.69 Å². The average Bonchev–Trinajstić information content (AvgIpc) is 3.13. The molecule has 0 spiro atoms. The third-order valence-corrected chi connectivity index (χ3v) is 8.17. The maximum absolute atomic E-state index is 13.5. The van der Waals surface area contributed by atoms with Crippen LogP contribution in [0.3, 0.4) is 0 Å². The highest BCUT2D eigenvalue weighted by Crippen LogP contribution is 2.71. The lowest BCUT2D eigenvalue weighted by Gasteiger charge is -2.39. The van der Waals surface area contributed by atoms with Gasteiger partial charge in [-0.25, -0.2) is 4.79 Å². The molecule has 2 aromatic rings. The molecule has 190 valence electrons. The van der Waals surface area contributed by atoms with E-state index in [0.29, 0.717) is 18.6 Å². The third-order valence-electron chi connectivity index (χ3n) is 8.17. The second-order valence-corrected chi connectivity index (χ2v) is 9.97. The van der Waals surface area contributed by atoms with Crippen LogP contribution in [0.25, 0.3) is 0 Å². The van der Waals surface area contributed by atoms with Gasteiger partial charge in [0, 0.05) is 29.7 Å². The summed E-state index contributed by atoms with van der Waals surface area (Å²) in [5.41, 5.74) is -2.59. The van der Waals surface area contributed by atoms with Crippen LogP contribution < -0.4 is 5.32 Å². The Labute approximate surface area is 204 Å². The summed E-state index contributed by atoms with van der Waals surface area (Å²) in [6, 6.07) is 9.35. The Hall–Kier alpha value is -3.76. The molecule has 2 aliphatic rings. The van der Waals surface area contributed by atoms with Crippen LogP contribution in [-0.2, 0) is 15.8 Å². The van der Waals surface area contributed by atoms with Crippen molar-refractivity contribution in [2.75, 3.05) is 5.32 Å². The van der Waals surface area contributed by atoms with Crippen LogP contribution in [0.2, 0.25) is 0 Å². The number of amides is 1. The van der Waals surface area contributed by atoms with E-state index < -0.39 is 44.8 Å². The average molecular weight is 503 g/mol. The van der Waals surface area contributed by atoms with E-state index in [0.717, 1.165) is 12.1 Å². The molecule has 2 atom stereocenters. The van der Waals surface area contributed by atoms with E-state index >= 15 is 0 Å². The molecule has 2 aliphatic carbocycles. The highest BCUT2D eigenvalue weighted by molar-refractivity contribution is 6.06. The van der Waals surface area contributed by atoms with Gasteiger partial charge in [0.2, 0.25) is 5.91 Å². The van der Waals surface area contributed by atoms with Crippen molar-refractivity contribution in [3.63, 3.8) is 0 Å². The van der Waals surface area contributed by atoms with Gasteiger partial charge in [0.15, 0.2) is 0 Å². The predicted molar refractivity (Wildman–Crippen MR) is 124 cm³/mol. The van der Waals surface area contributed by atoms with Crippen molar-refractivity contribution < 1.29 is 32.5 Å². The smallest absolute Gasteiger partial charge is 0.326 e. The Morgan fingerprint density at radius 3 is 2.36 bits per heavy atom. The maximum atomic E-state index is 13.5. The molecule has 2 saturated carbocycles. The van der Waals surface area contributed by atoms with Gasteiger partial charge in [0.1, 0.15) is 0 Å². The standard InChI is InChI=1S/C25H24F3N3O5/c1-22(2)23(3)11-12-24(22,21(33)29-17-6-4-5-16(13-17)25(26,27)28)14-19(23)30-36-20(32)15-7-9-18(10-8-15)31(34)35/h4-10,13H,11-12,14H2,1-3H3,(H,29,33)/b30-19+. The van der Waals surface area contributed by atoms with Crippen molar-refractivity contribution in [1.29, 1.82) is 0 Å². The lowest BCUT2D eigenvalue weighted by Crippen LogP contribution is -2.43. The summed E-state index contributed by atoms with van der Waals surface area (Å²) in [5, 5.41) is 17.5. The van der Waals surface area contributed by atoms with Gasteiger partial charge in [-0.15, -0.1) is 0 Å². The Morgan fingerprint density at radius 2 is 1.75 bits per heavy atom. The number of hydrogen-bond donors (Lipinski definition) is 1. The Kier molecular flexibility index (Phi) is 5.93. The third kappa shape index (κ3) is 3.92. The largest absolute Gasteiger partial charge is 0.416 e. The number of nitro groups is 1. The van der Waals surface area contributed by atoms with Crippen molar-refractivity contribution in [3.05, 3.63) is 69.8 Å². The monoisotopic (exact) mass is 503 g/mol. The number of rotatable bonds is 5. The molecular weight excluding hydrogens is 479 g/mol. The maximum Gasteiger partial charge on any atom is 0.416 e. The van der Waals surface area contributed by atoms with Gasteiger partial charge >= 0.3 is 12.1 Å². The predicted octanol–water partition coefficient (Wildman–Crippen LogP) is 5.98. The van der Waals surface area contributed by atoms with E-state index in [1.165, 1.54) is 36.4 Å². The van der Waals surface area contributed by atoms with E-state index in [-0.39, 0.29) is 23.4 Å². The number of alkyl halides is 3. The molecule has 1 N–H and O–H groups in total. The number of halogens is 3. The molecule has 0 radical (unpaired) electrons. The van der Waals surface area contributed by atoms with E-state index in [4.69, 9.17) is 4.84 Å². The van der Waals surface area contributed by atoms with Crippen LogP contribution in [0.1, 0.15) is 56.0 Å². The van der Waals surface area contributed by atoms with Crippen LogP contribution in [0, 0.1) is 26.4 Å². The van der Waals surface area contributed by atoms with Gasteiger partial charge < -0.3 is 10.2 Å². The first-order chi connectivity index (χ1) is 16.7. The van der Waals surface area contributed by atoms with Crippen LogP contribution in [0.15, 0.2) is 53.7 Å². The fraction of sp³-hybridized carbons (Fsp3) is 0.400. The van der Waals surface area contributed by atoms with Crippen LogP contribution in [0.4, 0.5) is 24.5 Å². The molecule has 8 nitrogen and oxygen atoms in total. The molecule has 2 bridgehead atoms. The second kappa shape index (κ2) is 8.42. The molecule has 0 aromatic heterocycles. The molecule has 4 rings (SSSR count). The Bertz CT molecular complexity index is 1270. The highest BCUT2D eigenvalue weighted by atomic mass is 19.4. The number of anilines is 1. The van der Waals surface area contributed by atoms with Crippen molar-refractivity contribution >= 4 is 29.0 Å². The Morgan fingerprint density at radius 1 is 1.08 bits per heavy atom. The van der Waals surface area contributed by atoms with Gasteiger partial charge in [-0.2, -0.15) is 13.2 Å². The van der Waals surface area contributed by atoms with Crippen molar-refractivity contribution in [2.24, 2.45) is 21.4 Å². The number of fused-ring (bicyclic) bond motifs is 2. The first-order valence-corrected chi connectivity index (χ1v) is 11.2. The van der Waals surface area contributed by atoms with Gasteiger partial charge in [-0.05, 0) is 48.6 Å². The molecule has 2 fully saturated rings. The summed E-state index contributed by atoms with van der Waals surface area (Å²) in [5.74, 6) is -1.22. The van der Waals surface area contributed by atoms with Crippen molar-refractivity contribution in [1.82, 2.24) is 0 Å². The summed E-state index contributed by atoms with van der Waals surface area (Å²) >= 11 is 0. The fourth-order valence-corrected chi connectivity index (χ4v) is 5.41. The van der Waals surface area contributed by atoms with E-state index in [1.807, 2.05) is 20.8 Å². The second-order valence-electron chi connectivity index (χ2n) is 9.97. The highest BCUT2D eigenvalue weighted by Gasteiger charge is 2.71. The molecule has 1 amide bonds. The SMILES string of the molecule is CC12CCC(C(=O)Nc3cccc(C(F)(F)F)c3)(C/C1=N\OC(=O)c1ccc([N+](=O)[O-])cc1)C2(C)C. The number of nitrogens with zero attached hydrogens (tertiary/aromatic N) is 2. The van der Waals surface area contributed by atoms with Crippen molar-refractivity contribution in [3.8, 4) is 0 Å². The summed E-state index contributed by atoms with van der Waals surface area (Å²) in [4.78, 5) is 41.3. The first-order valence-electron chi connectivity index (χ1n) is 11.2. The number of oxime groups is 1. The number of nitrogens with one attached hydrogen (secondary N) is 1. The molecule has 0 aliphatic heterocycles. The number of carbonyl (C=O) groups excluding carboxylic acids is 2. The summed E-state index contributed by atoms with van der Waals surface area (Å²) < 4.78 is 39.3. The quantitative estimate of drug-likeness (QED) is 0.306. The normalized spacial score (nSPS) is 25.6. The van der Waals surface area contributed by atoms with Crippen molar-refractivity contribution in [2.45, 2.75) is 46.2 Å². The number of non-ortho nitro benzene ring substituents is 1. The van der Waals surface area contributed by atoms with Gasteiger partial charge in [-0.3, -0.25) is 14.9 Å². The first kappa shape index (κ1) is 25.3. The van der Waals surface area contributed by atoms with Gasteiger partial charge in [0.05, 0.1) is 27.2 Å². The summed E-state index contributed by atoms with van der Waals surface area (Å²) in [7, 11) is 0. The zero-order chi connectivity index (χ0) is 26.5.